The van der Waals surface area contributed by atoms with Crippen molar-refractivity contribution in [2.45, 2.75) is 26.8 Å². The van der Waals surface area contributed by atoms with Crippen molar-refractivity contribution in [3.63, 3.8) is 0 Å². The summed E-state index contributed by atoms with van der Waals surface area (Å²) in [5.74, 6) is 2.91. The van der Waals surface area contributed by atoms with Gasteiger partial charge in [0.15, 0.2) is 5.96 Å². The van der Waals surface area contributed by atoms with Gasteiger partial charge >= 0.3 is 0 Å². The second-order valence-corrected chi connectivity index (χ2v) is 6.68. The van der Waals surface area contributed by atoms with Gasteiger partial charge in [0, 0.05) is 13.2 Å². The minimum Gasteiger partial charge on any atom is -0.493 e. The molecule has 0 radical (unpaired) electrons. The Bertz CT molecular complexity index is 693. The summed E-state index contributed by atoms with van der Waals surface area (Å²) in [5.41, 5.74) is 1.17. The van der Waals surface area contributed by atoms with E-state index in [1.807, 2.05) is 24.3 Å². The van der Waals surface area contributed by atoms with E-state index in [-0.39, 0.29) is 30.0 Å². The highest BCUT2D eigenvalue weighted by Crippen LogP contribution is 2.18. The highest BCUT2D eigenvalue weighted by Gasteiger charge is 2.08. The standard InChI is InChI=1S/C21H30N4O2.HI/c1-16(2)15-27-19-9-7-18(8-10-19)17(3)25-21(22-4)24-12-13-26-20-6-5-11-23-14-20;/h5-11,14,16-17H,12-13,15H2,1-4H3,(H2,22,24,25);1H. The van der Waals surface area contributed by atoms with E-state index in [0.717, 1.165) is 24.1 Å². The minimum absolute atomic E-state index is 0. The molecule has 0 aliphatic carbocycles. The smallest absolute Gasteiger partial charge is 0.191 e. The molecule has 7 heteroatoms. The quantitative estimate of drug-likeness (QED) is 0.237. The van der Waals surface area contributed by atoms with Gasteiger partial charge < -0.3 is 20.1 Å². The molecule has 0 bridgehead atoms. The maximum absolute atomic E-state index is 5.73. The molecule has 2 rings (SSSR count). The number of nitrogens with zero attached hydrogens (tertiary/aromatic N) is 2. The zero-order valence-electron chi connectivity index (χ0n) is 17.0. The molecule has 28 heavy (non-hydrogen) atoms. The Morgan fingerprint density at radius 1 is 1.07 bits per heavy atom. The minimum atomic E-state index is 0. The Kier molecular flexibility index (Phi) is 11.3. The monoisotopic (exact) mass is 498 g/mol. The first kappa shape index (κ1) is 24.0. The van der Waals surface area contributed by atoms with Crippen LogP contribution >= 0.6 is 24.0 Å². The number of guanidine groups is 1. The molecule has 2 aromatic rings. The lowest BCUT2D eigenvalue weighted by Crippen LogP contribution is -2.40. The van der Waals surface area contributed by atoms with E-state index in [9.17, 15) is 0 Å². The van der Waals surface area contributed by atoms with Crippen LogP contribution in [0.3, 0.4) is 0 Å². The molecule has 1 unspecified atom stereocenters. The Morgan fingerprint density at radius 3 is 2.43 bits per heavy atom. The summed E-state index contributed by atoms with van der Waals surface area (Å²) in [4.78, 5) is 8.29. The number of halogens is 1. The van der Waals surface area contributed by atoms with Crippen molar-refractivity contribution < 1.29 is 9.47 Å². The molecule has 0 aliphatic heterocycles. The van der Waals surface area contributed by atoms with Crippen LogP contribution in [-0.4, -0.2) is 37.7 Å². The molecule has 6 nitrogen and oxygen atoms in total. The predicted octanol–water partition coefficient (Wildman–Crippen LogP) is 4.04. The molecule has 2 N–H and O–H groups in total. The maximum Gasteiger partial charge on any atom is 0.191 e. The third kappa shape index (κ3) is 8.77. The van der Waals surface area contributed by atoms with Gasteiger partial charge in [0.25, 0.3) is 0 Å². The number of aliphatic imine (C=N–C) groups is 1. The van der Waals surface area contributed by atoms with Crippen LogP contribution in [0.2, 0.25) is 0 Å². The van der Waals surface area contributed by atoms with Gasteiger partial charge in [0.2, 0.25) is 0 Å². The molecule has 1 aromatic carbocycles. The summed E-state index contributed by atoms with van der Waals surface area (Å²) in [5, 5.41) is 6.63. The van der Waals surface area contributed by atoms with Gasteiger partial charge in [0.05, 0.1) is 25.4 Å². The fourth-order valence-corrected chi connectivity index (χ4v) is 2.37. The molecular formula is C21H31IN4O2. The van der Waals surface area contributed by atoms with E-state index in [1.165, 1.54) is 5.56 Å². The molecule has 0 aliphatic rings. The molecule has 1 heterocycles. The maximum atomic E-state index is 5.73. The second-order valence-electron chi connectivity index (χ2n) is 6.68. The summed E-state index contributed by atoms with van der Waals surface area (Å²) in [7, 11) is 1.76. The van der Waals surface area contributed by atoms with E-state index >= 15 is 0 Å². The molecular weight excluding hydrogens is 467 g/mol. The van der Waals surface area contributed by atoms with Gasteiger partial charge in [-0.25, -0.2) is 0 Å². The van der Waals surface area contributed by atoms with Crippen LogP contribution in [-0.2, 0) is 0 Å². The van der Waals surface area contributed by atoms with Crippen molar-refractivity contribution in [3.05, 3.63) is 54.4 Å². The number of rotatable bonds is 9. The molecule has 154 valence electrons. The molecule has 0 spiro atoms. The molecule has 0 fully saturated rings. The van der Waals surface area contributed by atoms with Gasteiger partial charge in [-0.15, -0.1) is 24.0 Å². The summed E-state index contributed by atoms with van der Waals surface area (Å²) >= 11 is 0. The average molecular weight is 498 g/mol. The third-order valence-corrected chi connectivity index (χ3v) is 3.84. The lowest BCUT2D eigenvalue weighted by Gasteiger charge is -2.19. The first-order valence-corrected chi connectivity index (χ1v) is 9.31. The van der Waals surface area contributed by atoms with Crippen molar-refractivity contribution in [3.8, 4) is 11.5 Å². The summed E-state index contributed by atoms with van der Waals surface area (Å²) < 4.78 is 11.4. The Morgan fingerprint density at radius 2 is 1.82 bits per heavy atom. The van der Waals surface area contributed by atoms with Crippen LogP contribution in [0.5, 0.6) is 11.5 Å². The van der Waals surface area contributed by atoms with Crippen molar-refractivity contribution in [2.24, 2.45) is 10.9 Å². The normalized spacial score (nSPS) is 12.1. The zero-order chi connectivity index (χ0) is 19.5. The summed E-state index contributed by atoms with van der Waals surface area (Å²) in [6.07, 6.45) is 3.42. The summed E-state index contributed by atoms with van der Waals surface area (Å²) in [6.45, 7) is 8.28. The van der Waals surface area contributed by atoms with Crippen LogP contribution < -0.4 is 20.1 Å². The van der Waals surface area contributed by atoms with Crippen LogP contribution in [0, 0.1) is 5.92 Å². The largest absolute Gasteiger partial charge is 0.493 e. The van der Waals surface area contributed by atoms with E-state index in [0.29, 0.717) is 19.1 Å². The lowest BCUT2D eigenvalue weighted by atomic mass is 10.1. The zero-order valence-corrected chi connectivity index (χ0v) is 19.3. The molecule has 0 saturated carbocycles. The number of ether oxygens (including phenoxy) is 2. The highest BCUT2D eigenvalue weighted by molar-refractivity contribution is 14.0. The first-order chi connectivity index (χ1) is 13.1. The fraction of sp³-hybridized carbons (Fsp3) is 0.429. The van der Waals surface area contributed by atoms with Gasteiger partial charge in [-0.05, 0) is 42.7 Å². The number of hydrogen-bond acceptors (Lipinski definition) is 4. The highest BCUT2D eigenvalue weighted by atomic mass is 127. The van der Waals surface area contributed by atoms with Gasteiger partial charge in [0.1, 0.15) is 18.1 Å². The summed E-state index contributed by atoms with van der Waals surface area (Å²) in [6, 6.07) is 12.0. The molecule has 1 aromatic heterocycles. The van der Waals surface area contributed by atoms with Crippen molar-refractivity contribution in [1.82, 2.24) is 15.6 Å². The topological polar surface area (TPSA) is 67.8 Å². The Balaban J connectivity index is 0.00000392. The van der Waals surface area contributed by atoms with Crippen LogP contribution in [0.15, 0.2) is 53.8 Å². The lowest BCUT2D eigenvalue weighted by molar-refractivity contribution is 0.271. The number of pyridine rings is 1. The van der Waals surface area contributed by atoms with E-state index in [4.69, 9.17) is 9.47 Å². The molecule has 0 amide bonds. The first-order valence-electron chi connectivity index (χ1n) is 9.31. The SMILES string of the molecule is CN=C(NCCOc1cccnc1)NC(C)c1ccc(OCC(C)C)cc1.I. The van der Waals surface area contributed by atoms with Crippen LogP contribution in [0.25, 0.3) is 0 Å². The van der Waals surface area contributed by atoms with Crippen LogP contribution in [0.4, 0.5) is 0 Å². The Labute approximate surface area is 185 Å². The van der Waals surface area contributed by atoms with Crippen LogP contribution in [0.1, 0.15) is 32.4 Å². The van der Waals surface area contributed by atoms with Gasteiger partial charge in [-0.3, -0.25) is 9.98 Å². The third-order valence-electron chi connectivity index (χ3n) is 3.84. The van der Waals surface area contributed by atoms with Crippen molar-refractivity contribution >= 4 is 29.9 Å². The predicted molar refractivity (Wildman–Crippen MR) is 125 cm³/mol. The van der Waals surface area contributed by atoms with E-state index in [2.05, 4.69) is 53.5 Å². The van der Waals surface area contributed by atoms with E-state index < -0.39 is 0 Å². The molecule has 1 atom stereocenters. The number of aromatic nitrogens is 1. The number of nitrogens with one attached hydrogen (secondary N) is 2. The van der Waals surface area contributed by atoms with E-state index in [1.54, 1.807) is 19.4 Å². The van der Waals surface area contributed by atoms with Crippen molar-refractivity contribution in [2.75, 3.05) is 26.8 Å². The fourth-order valence-electron chi connectivity index (χ4n) is 2.37. The molecule has 0 saturated heterocycles. The second kappa shape index (κ2) is 13.2. The Hall–Kier alpha value is -2.03. The van der Waals surface area contributed by atoms with Gasteiger partial charge in [-0.1, -0.05) is 26.0 Å². The number of benzene rings is 1. The van der Waals surface area contributed by atoms with Crippen molar-refractivity contribution in [1.29, 1.82) is 0 Å². The van der Waals surface area contributed by atoms with Gasteiger partial charge in [-0.2, -0.15) is 0 Å². The number of hydrogen-bond donors (Lipinski definition) is 2. The average Bonchev–Trinajstić information content (AvgIpc) is 2.69.